The molecule has 0 bridgehead atoms. The molecular formula is C19H21F2N5O3. The van der Waals surface area contributed by atoms with Gasteiger partial charge < -0.3 is 14.8 Å². The standard InChI is InChI=1S/C19H21F2N5O3/c1-10(27)29-16-9-28-5-4-14(16)24-19-23-8-15-17(21)13(7-22)18(26(15)25-19)11-2-3-12(20)6-11/h8,11-12,14,16H,2-6,9H2,1H3,(H,24,25). The zero-order valence-corrected chi connectivity index (χ0v) is 15.9. The van der Waals surface area contributed by atoms with E-state index in [1.165, 1.54) is 17.6 Å². The van der Waals surface area contributed by atoms with Crippen LogP contribution in [-0.2, 0) is 14.3 Å². The molecule has 29 heavy (non-hydrogen) atoms. The number of fused-ring (bicyclic) bond motifs is 1. The molecule has 1 saturated heterocycles. The van der Waals surface area contributed by atoms with Gasteiger partial charge in [-0.3, -0.25) is 4.79 Å². The van der Waals surface area contributed by atoms with Gasteiger partial charge in [-0.1, -0.05) is 0 Å². The number of ether oxygens (including phenoxy) is 2. The smallest absolute Gasteiger partial charge is 0.303 e. The lowest BCUT2D eigenvalue weighted by Gasteiger charge is -2.31. The lowest BCUT2D eigenvalue weighted by molar-refractivity contribution is -0.153. The first-order valence-corrected chi connectivity index (χ1v) is 9.60. The third kappa shape index (κ3) is 3.74. The largest absolute Gasteiger partial charge is 0.458 e. The Morgan fingerprint density at radius 1 is 1.45 bits per heavy atom. The molecule has 4 unspecified atom stereocenters. The van der Waals surface area contributed by atoms with Crippen LogP contribution in [0.25, 0.3) is 5.52 Å². The average molecular weight is 405 g/mol. The number of carbonyl (C=O) groups is 1. The summed E-state index contributed by atoms with van der Waals surface area (Å²) in [6, 6.07) is 1.62. The first kappa shape index (κ1) is 19.5. The third-order valence-electron chi connectivity index (χ3n) is 5.46. The number of anilines is 1. The van der Waals surface area contributed by atoms with E-state index in [2.05, 4.69) is 15.4 Å². The SMILES string of the molecule is CC(=O)OC1COCCC1Nc1ncc2c(F)c(C#N)c(C3CCC(F)C3)n2n1. The minimum absolute atomic E-state index is 0.0768. The maximum atomic E-state index is 14.7. The molecule has 4 atom stereocenters. The number of nitrogens with zero attached hydrogens (tertiary/aromatic N) is 4. The number of hydrogen-bond acceptors (Lipinski definition) is 7. The predicted molar refractivity (Wildman–Crippen MR) is 97.5 cm³/mol. The zero-order valence-electron chi connectivity index (χ0n) is 15.9. The summed E-state index contributed by atoms with van der Waals surface area (Å²) < 4.78 is 40.5. The van der Waals surface area contributed by atoms with Crippen molar-refractivity contribution < 1.29 is 23.0 Å². The minimum Gasteiger partial charge on any atom is -0.458 e. The van der Waals surface area contributed by atoms with Crippen LogP contribution in [0.1, 0.15) is 49.8 Å². The summed E-state index contributed by atoms with van der Waals surface area (Å²) in [6.07, 6.45) is 1.56. The van der Waals surface area contributed by atoms with E-state index in [1.807, 2.05) is 6.07 Å². The van der Waals surface area contributed by atoms with Gasteiger partial charge in [-0.05, 0) is 25.7 Å². The molecule has 0 aromatic carbocycles. The predicted octanol–water partition coefficient (Wildman–Crippen LogP) is 2.48. The number of esters is 1. The second-order valence-electron chi connectivity index (χ2n) is 7.43. The number of alkyl halides is 1. The van der Waals surface area contributed by atoms with Gasteiger partial charge in [0.15, 0.2) is 5.82 Å². The summed E-state index contributed by atoms with van der Waals surface area (Å²) in [5, 5.41) is 17.0. The van der Waals surface area contributed by atoms with Gasteiger partial charge in [-0.25, -0.2) is 18.3 Å². The monoisotopic (exact) mass is 405 g/mol. The van der Waals surface area contributed by atoms with Gasteiger partial charge in [0.25, 0.3) is 0 Å². The molecule has 10 heteroatoms. The molecule has 2 aromatic heterocycles. The highest BCUT2D eigenvalue weighted by molar-refractivity contribution is 5.66. The van der Waals surface area contributed by atoms with E-state index in [9.17, 15) is 18.8 Å². The third-order valence-corrected chi connectivity index (χ3v) is 5.46. The molecule has 8 nitrogen and oxygen atoms in total. The second-order valence-corrected chi connectivity index (χ2v) is 7.43. The van der Waals surface area contributed by atoms with Crippen LogP contribution in [0.5, 0.6) is 0 Å². The van der Waals surface area contributed by atoms with Crippen LogP contribution in [-0.4, -0.2) is 52.1 Å². The average Bonchev–Trinajstić information content (AvgIpc) is 3.23. The molecule has 0 spiro atoms. The van der Waals surface area contributed by atoms with Crippen molar-refractivity contribution in [1.29, 1.82) is 5.26 Å². The molecule has 1 saturated carbocycles. The molecule has 4 rings (SSSR count). The number of nitriles is 1. The fourth-order valence-electron chi connectivity index (χ4n) is 4.13. The lowest BCUT2D eigenvalue weighted by Crippen LogP contribution is -2.44. The minimum atomic E-state index is -0.966. The highest BCUT2D eigenvalue weighted by atomic mass is 19.1. The van der Waals surface area contributed by atoms with Gasteiger partial charge in [-0.2, -0.15) is 5.26 Å². The molecule has 1 aliphatic heterocycles. The topological polar surface area (TPSA) is 102 Å². The Labute approximate surface area is 165 Å². The molecule has 2 fully saturated rings. The summed E-state index contributed by atoms with van der Waals surface area (Å²) in [7, 11) is 0. The zero-order chi connectivity index (χ0) is 20.5. The Bertz CT molecular complexity index is 973. The Balaban J connectivity index is 1.68. The van der Waals surface area contributed by atoms with Gasteiger partial charge in [0.1, 0.15) is 29.4 Å². The van der Waals surface area contributed by atoms with E-state index >= 15 is 0 Å². The number of nitrogens with one attached hydrogen (secondary N) is 1. The van der Waals surface area contributed by atoms with Crippen molar-refractivity contribution in [3.05, 3.63) is 23.3 Å². The Kier molecular flexibility index (Phi) is 5.32. The first-order valence-electron chi connectivity index (χ1n) is 9.60. The van der Waals surface area contributed by atoms with Crippen molar-refractivity contribution in [3.8, 4) is 6.07 Å². The van der Waals surface area contributed by atoms with Gasteiger partial charge in [0, 0.05) is 19.4 Å². The number of aromatic nitrogens is 3. The summed E-state index contributed by atoms with van der Waals surface area (Å²) in [6.45, 7) is 2.06. The summed E-state index contributed by atoms with van der Waals surface area (Å²) in [4.78, 5) is 15.5. The molecule has 2 aromatic rings. The molecule has 3 heterocycles. The summed E-state index contributed by atoms with van der Waals surface area (Å²) in [5.41, 5.74) is 0.349. The quantitative estimate of drug-likeness (QED) is 0.780. The first-order chi connectivity index (χ1) is 14.0. The summed E-state index contributed by atoms with van der Waals surface area (Å²) >= 11 is 0. The van der Waals surface area contributed by atoms with Crippen LogP contribution in [0.4, 0.5) is 14.7 Å². The van der Waals surface area contributed by atoms with Crippen molar-refractivity contribution in [1.82, 2.24) is 14.6 Å². The van der Waals surface area contributed by atoms with E-state index in [0.29, 0.717) is 31.6 Å². The fraction of sp³-hybridized carbons (Fsp3) is 0.579. The second kappa shape index (κ2) is 7.91. The molecule has 2 aliphatic rings. The van der Waals surface area contributed by atoms with Crippen LogP contribution in [0.15, 0.2) is 6.20 Å². The number of rotatable bonds is 4. The fourth-order valence-corrected chi connectivity index (χ4v) is 4.13. The molecule has 154 valence electrons. The highest BCUT2D eigenvalue weighted by Crippen LogP contribution is 2.39. The van der Waals surface area contributed by atoms with Crippen LogP contribution < -0.4 is 5.32 Å². The van der Waals surface area contributed by atoms with Gasteiger partial charge in [0.05, 0.1) is 24.5 Å². The maximum absolute atomic E-state index is 14.7. The Morgan fingerprint density at radius 2 is 2.28 bits per heavy atom. The van der Waals surface area contributed by atoms with Crippen molar-refractivity contribution in [2.45, 2.75) is 56.8 Å². The van der Waals surface area contributed by atoms with E-state index in [4.69, 9.17) is 9.47 Å². The van der Waals surface area contributed by atoms with Crippen LogP contribution in [0.3, 0.4) is 0 Å². The summed E-state index contributed by atoms with van der Waals surface area (Å²) in [5.74, 6) is -1.19. The number of hydrogen-bond donors (Lipinski definition) is 1. The molecule has 1 aliphatic carbocycles. The van der Waals surface area contributed by atoms with Gasteiger partial charge in [-0.15, -0.1) is 5.10 Å². The number of carbonyl (C=O) groups excluding carboxylic acids is 1. The van der Waals surface area contributed by atoms with Crippen molar-refractivity contribution in [2.75, 3.05) is 18.5 Å². The molecule has 0 radical (unpaired) electrons. The maximum Gasteiger partial charge on any atom is 0.303 e. The normalized spacial score (nSPS) is 27.0. The lowest BCUT2D eigenvalue weighted by atomic mass is 10.0. The molecular weight excluding hydrogens is 384 g/mol. The molecule has 0 amide bonds. The van der Waals surface area contributed by atoms with Crippen LogP contribution in [0.2, 0.25) is 0 Å². The van der Waals surface area contributed by atoms with Crippen LogP contribution >= 0.6 is 0 Å². The van der Waals surface area contributed by atoms with Crippen molar-refractivity contribution in [2.24, 2.45) is 0 Å². The van der Waals surface area contributed by atoms with Crippen molar-refractivity contribution in [3.63, 3.8) is 0 Å². The van der Waals surface area contributed by atoms with E-state index in [1.54, 1.807) is 0 Å². The van der Waals surface area contributed by atoms with Crippen molar-refractivity contribution >= 4 is 17.4 Å². The van der Waals surface area contributed by atoms with E-state index < -0.39 is 24.1 Å². The molecule has 1 N–H and O–H groups in total. The number of halogens is 2. The van der Waals surface area contributed by atoms with Crippen LogP contribution in [0, 0.1) is 17.1 Å². The highest BCUT2D eigenvalue weighted by Gasteiger charge is 2.33. The van der Waals surface area contributed by atoms with Gasteiger partial charge in [0.2, 0.25) is 5.95 Å². The van der Waals surface area contributed by atoms with E-state index in [0.717, 1.165) is 0 Å². The Hall–Kier alpha value is -2.80. The van der Waals surface area contributed by atoms with Gasteiger partial charge >= 0.3 is 5.97 Å². The Morgan fingerprint density at radius 3 is 2.97 bits per heavy atom. The van der Waals surface area contributed by atoms with E-state index in [-0.39, 0.29) is 42.0 Å².